The van der Waals surface area contributed by atoms with Crippen LogP contribution in [0.4, 0.5) is 0 Å². The summed E-state index contributed by atoms with van der Waals surface area (Å²) in [6.07, 6.45) is 2.48. The van der Waals surface area contributed by atoms with Crippen molar-refractivity contribution in [2.75, 3.05) is 0 Å². The van der Waals surface area contributed by atoms with Gasteiger partial charge in [-0.05, 0) is 12.5 Å². The Morgan fingerprint density at radius 3 is 2.14 bits per heavy atom. The maximum atomic E-state index is 13.2. The van der Waals surface area contributed by atoms with Crippen LogP contribution in [-0.4, -0.2) is 68.8 Å². The number of carbonyl (C=O) groups excluding carboxylic acids is 4. The molecule has 0 aliphatic heterocycles. The average molecular weight is 488 g/mol. The van der Waals surface area contributed by atoms with Gasteiger partial charge in [0.1, 0.15) is 18.1 Å². The van der Waals surface area contributed by atoms with Crippen LogP contribution in [0.1, 0.15) is 24.6 Å². The van der Waals surface area contributed by atoms with E-state index in [0.717, 1.165) is 0 Å². The number of hydrogen-bond donors (Lipinski definition) is 7. The van der Waals surface area contributed by atoms with Crippen LogP contribution in [0.15, 0.2) is 42.9 Å². The minimum atomic E-state index is -1.26. The summed E-state index contributed by atoms with van der Waals surface area (Å²) in [4.78, 5) is 67.5. The van der Waals surface area contributed by atoms with Gasteiger partial charge in [0.05, 0.1) is 18.8 Å². The highest BCUT2D eigenvalue weighted by Gasteiger charge is 2.30. The van der Waals surface area contributed by atoms with Gasteiger partial charge >= 0.3 is 5.97 Å². The molecular formula is C22H29N7O6. The van der Waals surface area contributed by atoms with Crippen molar-refractivity contribution in [3.8, 4) is 0 Å². The van der Waals surface area contributed by atoms with Crippen molar-refractivity contribution in [3.05, 3.63) is 54.1 Å². The lowest BCUT2D eigenvalue weighted by molar-refractivity contribution is -0.141. The van der Waals surface area contributed by atoms with E-state index in [1.165, 1.54) is 19.4 Å². The lowest BCUT2D eigenvalue weighted by Gasteiger charge is -2.24. The molecule has 2 rings (SSSR count). The second kappa shape index (κ2) is 12.8. The summed E-state index contributed by atoms with van der Waals surface area (Å²) < 4.78 is 0. The fourth-order valence-electron chi connectivity index (χ4n) is 3.12. The fourth-order valence-corrected chi connectivity index (χ4v) is 3.12. The van der Waals surface area contributed by atoms with Crippen molar-refractivity contribution in [1.29, 1.82) is 0 Å². The number of aromatic amines is 1. The maximum absolute atomic E-state index is 13.2. The standard InChI is InChI=1S/C22H29N7O6/c1-12(22(34)35)27-20(32)17(8-14-10-25-11-26-14)29-21(33)16(7-13-5-3-2-4-6-13)28-19(31)15(23)9-18(24)30/h2-6,10-12,15-17H,7-9,23H2,1H3,(H2,24,30)(H,25,26)(H,27,32)(H,28,31)(H,29,33)(H,34,35). The van der Waals surface area contributed by atoms with Gasteiger partial charge in [-0.15, -0.1) is 0 Å². The summed E-state index contributed by atoms with van der Waals surface area (Å²) in [6, 6.07) is 4.00. The van der Waals surface area contributed by atoms with Crippen LogP contribution in [0.3, 0.4) is 0 Å². The molecule has 0 spiro atoms. The molecule has 13 heteroatoms. The van der Waals surface area contributed by atoms with Gasteiger partial charge in [-0.1, -0.05) is 30.3 Å². The summed E-state index contributed by atoms with van der Waals surface area (Å²) in [5, 5.41) is 16.5. The summed E-state index contributed by atoms with van der Waals surface area (Å²) in [7, 11) is 0. The Kier molecular flexibility index (Phi) is 9.90. The SMILES string of the molecule is CC(NC(=O)C(Cc1cnc[nH]1)NC(=O)C(Cc1ccccc1)NC(=O)C(N)CC(N)=O)C(=O)O. The predicted molar refractivity (Wildman–Crippen MR) is 123 cm³/mol. The zero-order chi connectivity index (χ0) is 26.0. The quantitative estimate of drug-likeness (QED) is 0.166. The third-order valence-electron chi connectivity index (χ3n) is 5.01. The molecule has 0 fully saturated rings. The van der Waals surface area contributed by atoms with Crippen LogP contribution in [0, 0.1) is 0 Å². The monoisotopic (exact) mass is 487 g/mol. The summed E-state index contributed by atoms with van der Waals surface area (Å²) >= 11 is 0. The number of aliphatic carboxylic acids is 1. The molecule has 4 amide bonds. The number of primary amides is 1. The molecule has 188 valence electrons. The molecular weight excluding hydrogens is 458 g/mol. The van der Waals surface area contributed by atoms with E-state index in [0.29, 0.717) is 11.3 Å². The second-order valence-electron chi connectivity index (χ2n) is 7.94. The second-order valence-corrected chi connectivity index (χ2v) is 7.94. The van der Waals surface area contributed by atoms with Crippen LogP contribution < -0.4 is 27.4 Å². The third-order valence-corrected chi connectivity index (χ3v) is 5.01. The lowest BCUT2D eigenvalue weighted by atomic mass is 10.0. The number of aromatic nitrogens is 2. The van der Waals surface area contributed by atoms with Gasteiger partial charge in [0.2, 0.25) is 23.6 Å². The van der Waals surface area contributed by atoms with Crippen molar-refractivity contribution in [1.82, 2.24) is 25.9 Å². The van der Waals surface area contributed by atoms with Crippen LogP contribution in [-0.2, 0) is 36.8 Å². The number of carboxylic acid groups (broad SMARTS) is 1. The van der Waals surface area contributed by atoms with Crippen molar-refractivity contribution >= 4 is 29.6 Å². The Balaban J connectivity index is 2.23. The first-order valence-corrected chi connectivity index (χ1v) is 10.8. The Morgan fingerprint density at radius 2 is 1.57 bits per heavy atom. The summed E-state index contributed by atoms with van der Waals surface area (Å²) in [5.74, 6) is -4.24. The van der Waals surface area contributed by atoms with E-state index in [1.807, 2.05) is 0 Å². The summed E-state index contributed by atoms with van der Waals surface area (Å²) in [5.41, 5.74) is 12.0. The van der Waals surface area contributed by atoms with Gasteiger partial charge < -0.3 is 37.5 Å². The number of carbonyl (C=O) groups is 5. The Bertz CT molecular complexity index is 1030. The number of rotatable bonds is 13. The molecule has 13 nitrogen and oxygen atoms in total. The number of H-pyrrole nitrogens is 1. The number of amides is 4. The van der Waals surface area contributed by atoms with Crippen LogP contribution in [0.5, 0.6) is 0 Å². The van der Waals surface area contributed by atoms with E-state index in [-0.39, 0.29) is 12.8 Å². The Labute approximate surface area is 201 Å². The minimum Gasteiger partial charge on any atom is -0.480 e. The van der Waals surface area contributed by atoms with E-state index < -0.39 is 60.2 Å². The van der Waals surface area contributed by atoms with Gasteiger partial charge in [0.25, 0.3) is 0 Å². The molecule has 1 heterocycles. The number of nitrogens with one attached hydrogen (secondary N) is 4. The largest absolute Gasteiger partial charge is 0.480 e. The molecule has 0 saturated carbocycles. The molecule has 4 atom stereocenters. The first-order valence-electron chi connectivity index (χ1n) is 10.8. The number of imidazole rings is 1. The van der Waals surface area contributed by atoms with E-state index in [2.05, 4.69) is 25.9 Å². The molecule has 9 N–H and O–H groups in total. The van der Waals surface area contributed by atoms with Crippen molar-refractivity contribution < 1.29 is 29.1 Å². The van der Waals surface area contributed by atoms with Gasteiger partial charge in [-0.2, -0.15) is 0 Å². The minimum absolute atomic E-state index is 0.0168. The predicted octanol–water partition coefficient (Wildman–Crippen LogP) is -2.04. The summed E-state index contributed by atoms with van der Waals surface area (Å²) in [6.45, 7) is 1.29. The zero-order valence-electron chi connectivity index (χ0n) is 19.1. The maximum Gasteiger partial charge on any atom is 0.325 e. The Morgan fingerprint density at radius 1 is 0.971 bits per heavy atom. The first-order chi connectivity index (χ1) is 16.6. The van der Waals surface area contributed by atoms with Gasteiger partial charge in [0.15, 0.2) is 0 Å². The molecule has 1 aromatic carbocycles. The van der Waals surface area contributed by atoms with Crippen LogP contribution >= 0.6 is 0 Å². The highest BCUT2D eigenvalue weighted by atomic mass is 16.4. The third kappa shape index (κ3) is 8.89. The number of benzene rings is 1. The smallest absolute Gasteiger partial charge is 0.325 e. The van der Waals surface area contributed by atoms with E-state index >= 15 is 0 Å². The van der Waals surface area contributed by atoms with Crippen molar-refractivity contribution in [2.24, 2.45) is 11.5 Å². The van der Waals surface area contributed by atoms with Crippen LogP contribution in [0.25, 0.3) is 0 Å². The van der Waals surface area contributed by atoms with Gasteiger partial charge in [0, 0.05) is 24.7 Å². The molecule has 0 aliphatic rings. The topological polar surface area (TPSA) is 222 Å². The van der Waals surface area contributed by atoms with Crippen LogP contribution in [0.2, 0.25) is 0 Å². The highest BCUT2D eigenvalue weighted by Crippen LogP contribution is 2.06. The van der Waals surface area contributed by atoms with E-state index in [1.54, 1.807) is 30.3 Å². The molecule has 0 radical (unpaired) electrons. The first kappa shape index (κ1) is 27.0. The zero-order valence-corrected chi connectivity index (χ0v) is 19.1. The lowest BCUT2D eigenvalue weighted by Crippen LogP contribution is -2.58. The molecule has 0 aliphatic carbocycles. The normalized spacial score (nSPS) is 14.1. The highest BCUT2D eigenvalue weighted by molar-refractivity contribution is 5.95. The molecule has 1 aromatic heterocycles. The van der Waals surface area contributed by atoms with Gasteiger partial charge in [-0.25, -0.2) is 4.98 Å². The molecule has 4 unspecified atom stereocenters. The van der Waals surface area contributed by atoms with Crippen molar-refractivity contribution in [3.63, 3.8) is 0 Å². The molecule has 2 aromatic rings. The number of nitrogens with two attached hydrogens (primary N) is 2. The fraction of sp³-hybridized carbons (Fsp3) is 0.364. The van der Waals surface area contributed by atoms with E-state index in [9.17, 15) is 24.0 Å². The molecule has 35 heavy (non-hydrogen) atoms. The van der Waals surface area contributed by atoms with Crippen molar-refractivity contribution in [2.45, 2.75) is 50.4 Å². The molecule has 0 bridgehead atoms. The Hall–Kier alpha value is -4.26. The van der Waals surface area contributed by atoms with Gasteiger partial charge in [-0.3, -0.25) is 24.0 Å². The molecule has 0 saturated heterocycles. The number of nitrogens with zero attached hydrogens (tertiary/aromatic N) is 1. The average Bonchev–Trinajstić information content (AvgIpc) is 3.31. The number of hydrogen-bond acceptors (Lipinski definition) is 7. The number of carboxylic acids is 1. The van der Waals surface area contributed by atoms with E-state index in [4.69, 9.17) is 16.6 Å².